The number of para-hydroxylation sites is 1. The van der Waals surface area contributed by atoms with Crippen LogP contribution < -0.4 is 11.1 Å². The van der Waals surface area contributed by atoms with Crippen LogP contribution in [0, 0.1) is 0 Å². The van der Waals surface area contributed by atoms with Crippen LogP contribution in [0.1, 0.15) is 25.8 Å². The van der Waals surface area contributed by atoms with E-state index in [-0.39, 0.29) is 35.8 Å². The van der Waals surface area contributed by atoms with Crippen molar-refractivity contribution in [1.29, 1.82) is 0 Å². The molecule has 2 unspecified atom stereocenters. The third-order valence-electron chi connectivity index (χ3n) is 4.89. The Hall–Kier alpha value is -3.29. The molecule has 0 bridgehead atoms. The number of ether oxygens (including phenoxy) is 3. The van der Waals surface area contributed by atoms with Crippen LogP contribution in [0.25, 0.3) is 0 Å². The largest absolute Gasteiger partial charge is 0.462 e. The monoisotopic (exact) mass is 370 g/mol. The Morgan fingerprint density at radius 3 is 2.85 bits per heavy atom. The normalized spacial score (nSPS) is 26.2. The second-order valence-corrected chi connectivity index (χ2v) is 6.53. The highest BCUT2D eigenvalue weighted by Crippen LogP contribution is 2.53. The molecule has 0 fully saturated rings. The maximum atomic E-state index is 13.2. The van der Waals surface area contributed by atoms with Crippen LogP contribution in [0.15, 0.2) is 47.1 Å². The van der Waals surface area contributed by atoms with E-state index >= 15 is 0 Å². The molecule has 1 aromatic rings. The fraction of sp³-hybridized carbons (Fsp3) is 0.316. The number of hydrogen-bond acceptors (Lipinski definition) is 7. The van der Waals surface area contributed by atoms with Gasteiger partial charge in [-0.15, -0.1) is 0 Å². The van der Waals surface area contributed by atoms with Crippen LogP contribution in [-0.2, 0) is 34.0 Å². The summed E-state index contributed by atoms with van der Waals surface area (Å²) in [6, 6.07) is 6.81. The highest BCUT2D eigenvalue weighted by Gasteiger charge is 2.63. The first-order valence-corrected chi connectivity index (χ1v) is 8.62. The molecule has 0 saturated heterocycles. The Kier molecular flexibility index (Phi) is 3.73. The number of carbonyl (C=O) groups excluding carboxylic acids is 3. The van der Waals surface area contributed by atoms with Gasteiger partial charge in [0, 0.05) is 17.7 Å². The summed E-state index contributed by atoms with van der Waals surface area (Å²) in [5.41, 5.74) is 4.98. The highest BCUT2D eigenvalue weighted by atomic mass is 16.6. The fourth-order valence-electron chi connectivity index (χ4n) is 3.92. The molecule has 1 spiro atoms. The van der Waals surface area contributed by atoms with Gasteiger partial charge in [-0.3, -0.25) is 4.79 Å². The lowest BCUT2D eigenvalue weighted by Crippen LogP contribution is -2.50. The maximum Gasteiger partial charge on any atom is 0.341 e. The van der Waals surface area contributed by atoms with Crippen molar-refractivity contribution in [3.05, 3.63) is 52.6 Å². The average molecular weight is 370 g/mol. The van der Waals surface area contributed by atoms with Gasteiger partial charge in [0.25, 0.3) is 0 Å². The van der Waals surface area contributed by atoms with E-state index in [1.54, 1.807) is 38.1 Å². The van der Waals surface area contributed by atoms with Crippen molar-refractivity contribution in [1.82, 2.24) is 0 Å². The third kappa shape index (κ3) is 2.19. The predicted octanol–water partition coefficient (Wildman–Crippen LogP) is 1.23. The van der Waals surface area contributed by atoms with Crippen molar-refractivity contribution in [2.24, 2.45) is 5.73 Å². The molecule has 0 radical (unpaired) electrons. The molecule has 3 N–H and O–H groups in total. The van der Waals surface area contributed by atoms with E-state index < -0.39 is 29.4 Å². The summed E-state index contributed by atoms with van der Waals surface area (Å²) >= 11 is 0. The summed E-state index contributed by atoms with van der Waals surface area (Å²) in [5, 5.41) is 2.74. The summed E-state index contributed by atoms with van der Waals surface area (Å²) in [7, 11) is 0. The zero-order chi connectivity index (χ0) is 19.3. The van der Waals surface area contributed by atoms with E-state index in [1.165, 1.54) is 0 Å². The second-order valence-electron chi connectivity index (χ2n) is 6.53. The molecule has 1 aromatic carbocycles. The topological polar surface area (TPSA) is 117 Å². The average Bonchev–Trinajstić information content (AvgIpc) is 2.87. The van der Waals surface area contributed by atoms with Gasteiger partial charge in [-0.25, -0.2) is 9.59 Å². The second kappa shape index (κ2) is 5.87. The molecule has 3 heterocycles. The summed E-state index contributed by atoms with van der Waals surface area (Å²) < 4.78 is 16.1. The Morgan fingerprint density at radius 1 is 1.37 bits per heavy atom. The summed E-state index contributed by atoms with van der Waals surface area (Å²) in [4.78, 5) is 38.9. The first kappa shape index (κ1) is 17.1. The lowest BCUT2D eigenvalue weighted by Gasteiger charge is -2.39. The summed E-state index contributed by atoms with van der Waals surface area (Å²) in [5.74, 6) is -2.13. The number of esters is 2. The lowest BCUT2D eigenvalue weighted by atomic mass is 9.67. The van der Waals surface area contributed by atoms with E-state index in [0.717, 1.165) is 0 Å². The SMILES string of the molecule is CCOC(=O)C1=C(N)OC2=C(C(=O)OC(C)C2)C12C(=O)Nc1ccccc12. The molecule has 27 heavy (non-hydrogen) atoms. The molecule has 0 aromatic heterocycles. The van der Waals surface area contributed by atoms with Crippen molar-refractivity contribution < 1.29 is 28.6 Å². The number of amides is 1. The predicted molar refractivity (Wildman–Crippen MR) is 92.9 cm³/mol. The molecule has 8 nitrogen and oxygen atoms in total. The van der Waals surface area contributed by atoms with Gasteiger partial charge in [0.05, 0.1) is 6.61 Å². The van der Waals surface area contributed by atoms with Crippen LogP contribution in [0.2, 0.25) is 0 Å². The van der Waals surface area contributed by atoms with Crippen molar-refractivity contribution in [2.75, 3.05) is 11.9 Å². The highest BCUT2D eigenvalue weighted by molar-refractivity contribution is 6.21. The standard InChI is InChI=1S/C19H18N2O6/c1-3-25-16(22)14-15(20)27-12-8-9(2)26-17(23)13(12)19(14)10-6-4-5-7-11(10)21-18(19)24/h4-7,9H,3,8,20H2,1-2H3,(H,21,24). The van der Waals surface area contributed by atoms with Gasteiger partial charge >= 0.3 is 11.9 Å². The molecule has 2 atom stereocenters. The molecule has 0 saturated carbocycles. The third-order valence-corrected chi connectivity index (χ3v) is 4.89. The molecule has 140 valence electrons. The van der Waals surface area contributed by atoms with Crippen molar-refractivity contribution >= 4 is 23.5 Å². The Labute approximate surface area is 154 Å². The fourth-order valence-corrected chi connectivity index (χ4v) is 3.92. The number of cyclic esters (lactones) is 1. The van der Waals surface area contributed by atoms with E-state index in [2.05, 4.69) is 5.32 Å². The van der Waals surface area contributed by atoms with Crippen LogP contribution in [0.4, 0.5) is 5.69 Å². The smallest absolute Gasteiger partial charge is 0.341 e. The van der Waals surface area contributed by atoms with Gasteiger partial charge < -0.3 is 25.3 Å². The number of hydrogen-bond donors (Lipinski definition) is 2. The van der Waals surface area contributed by atoms with Crippen molar-refractivity contribution in [3.8, 4) is 0 Å². The molecule has 0 aliphatic carbocycles. The number of fused-ring (bicyclic) bond motifs is 3. The number of anilines is 1. The zero-order valence-electron chi connectivity index (χ0n) is 14.8. The lowest BCUT2D eigenvalue weighted by molar-refractivity contribution is -0.149. The summed E-state index contributed by atoms with van der Waals surface area (Å²) in [6.07, 6.45) is -0.195. The minimum atomic E-state index is -1.77. The number of rotatable bonds is 2. The molecule has 3 aliphatic rings. The minimum absolute atomic E-state index is 0.0275. The number of benzene rings is 1. The van der Waals surface area contributed by atoms with Gasteiger partial charge in [0.15, 0.2) is 0 Å². The zero-order valence-corrected chi connectivity index (χ0v) is 14.8. The van der Waals surface area contributed by atoms with Crippen LogP contribution >= 0.6 is 0 Å². The molecule has 8 heteroatoms. The van der Waals surface area contributed by atoms with E-state index in [4.69, 9.17) is 19.9 Å². The van der Waals surface area contributed by atoms with E-state index in [0.29, 0.717) is 11.3 Å². The first-order valence-electron chi connectivity index (χ1n) is 8.62. The van der Waals surface area contributed by atoms with Gasteiger partial charge in [-0.2, -0.15) is 0 Å². The molecule has 3 aliphatic heterocycles. The number of nitrogens with one attached hydrogen (secondary N) is 1. The quantitative estimate of drug-likeness (QED) is 0.752. The van der Waals surface area contributed by atoms with Crippen LogP contribution in [0.3, 0.4) is 0 Å². The van der Waals surface area contributed by atoms with E-state index in [9.17, 15) is 14.4 Å². The number of nitrogens with two attached hydrogens (primary N) is 1. The Morgan fingerprint density at radius 2 is 2.11 bits per heavy atom. The number of carbonyl (C=O) groups is 3. The maximum absolute atomic E-state index is 13.2. The van der Waals surface area contributed by atoms with Crippen LogP contribution in [-0.4, -0.2) is 30.6 Å². The molecule has 1 amide bonds. The van der Waals surface area contributed by atoms with Crippen LogP contribution in [0.5, 0.6) is 0 Å². The molecular formula is C19H18N2O6. The molecular weight excluding hydrogens is 352 g/mol. The van der Waals surface area contributed by atoms with Gasteiger partial charge in [-0.1, -0.05) is 18.2 Å². The summed E-state index contributed by atoms with van der Waals surface area (Å²) in [6.45, 7) is 3.42. The van der Waals surface area contributed by atoms with Gasteiger partial charge in [0.1, 0.15) is 28.4 Å². The minimum Gasteiger partial charge on any atom is -0.462 e. The van der Waals surface area contributed by atoms with E-state index in [1.807, 2.05) is 0 Å². The van der Waals surface area contributed by atoms with Gasteiger partial charge in [-0.05, 0) is 19.9 Å². The Bertz CT molecular complexity index is 947. The molecule has 4 rings (SSSR count). The van der Waals surface area contributed by atoms with Gasteiger partial charge in [0.2, 0.25) is 11.8 Å². The Balaban J connectivity index is 2.06. The van der Waals surface area contributed by atoms with Crippen molar-refractivity contribution in [3.63, 3.8) is 0 Å². The first-order chi connectivity index (χ1) is 12.9. The van der Waals surface area contributed by atoms with Crippen molar-refractivity contribution in [2.45, 2.75) is 31.8 Å².